The van der Waals surface area contributed by atoms with Gasteiger partial charge in [-0.15, -0.1) is 0 Å². The molecule has 3 N–H and O–H groups in total. The second-order valence-electron chi connectivity index (χ2n) is 19.9. The molecule has 0 aromatic rings. The molecule has 3 unspecified atom stereocenters. The Balaban J connectivity index is 4.40. The predicted octanol–water partition coefficient (Wildman–Crippen LogP) is 17.4. The lowest BCUT2D eigenvalue weighted by atomic mass is 10.0. The molecule has 406 valence electrons. The fourth-order valence-electron chi connectivity index (χ4n) is 7.51. The SMILES string of the molecule is CC/C=C\C/C=C\C/C=C\C/C=C\C/C=C\C/C=C\C/C=C\C/C=C\C/C=C\CCCC(=O)NC(COP(=O)(O)OCC[N+](C)(C)C)C(O)/C=C/CCCCCCCCCCCCCCCCCCCC. The van der Waals surface area contributed by atoms with Crippen LogP contribution in [0.2, 0.25) is 0 Å². The largest absolute Gasteiger partial charge is 0.472 e. The molecule has 0 saturated heterocycles. The summed E-state index contributed by atoms with van der Waals surface area (Å²) >= 11 is 0. The van der Waals surface area contributed by atoms with Crippen LogP contribution in [0.5, 0.6) is 0 Å². The molecule has 0 bridgehead atoms. The van der Waals surface area contributed by atoms with Gasteiger partial charge in [-0.25, -0.2) is 4.57 Å². The van der Waals surface area contributed by atoms with Gasteiger partial charge in [0.2, 0.25) is 5.91 Å². The van der Waals surface area contributed by atoms with Crippen molar-refractivity contribution in [2.75, 3.05) is 40.9 Å². The number of aliphatic hydroxyl groups excluding tert-OH is 1. The van der Waals surface area contributed by atoms with Crippen LogP contribution in [0, 0.1) is 0 Å². The second kappa shape index (κ2) is 51.8. The quantitative estimate of drug-likeness (QED) is 0.0243. The van der Waals surface area contributed by atoms with E-state index in [-0.39, 0.29) is 25.5 Å². The van der Waals surface area contributed by atoms with Gasteiger partial charge in [0.25, 0.3) is 0 Å². The Bertz CT molecular complexity index is 1560. The van der Waals surface area contributed by atoms with Crippen molar-refractivity contribution in [1.82, 2.24) is 5.32 Å². The van der Waals surface area contributed by atoms with Gasteiger partial charge in [-0.05, 0) is 83.5 Å². The minimum absolute atomic E-state index is 0.0439. The molecule has 0 aliphatic carbocycles. The van der Waals surface area contributed by atoms with Gasteiger partial charge < -0.3 is 19.8 Å². The topological polar surface area (TPSA) is 105 Å². The number of rotatable bonds is 50. The number of phosphoric ester groups is 1. The number of allylic oxidation sites excluding steroid dienone is 19. The third-order valence-electron chi connectivity index (χ3n) is 11.9. The molecule has 0 aromatic heterocycles. The lowest BCUT2D eigenvalue weighted by molar-refractivity contribution is -0.870. The standard InChI is InChI=1S/C62H107N2O6P/c1-6-8-10-12-14-16-18-20-22-24-26-28-29-30-31-32-33-34-35-36-38-40-42-44-46-48-50-52-54-56-62(66)63-60(59-70-71(67,68)69-58-57-64(3,4)5)61(65)55-53-51-49-47-45-43-41-39-37-27-25-23-21-19-17-15-13-11-9-7-2/h8,10,14,16,20,22,26,28,30-31,33-34,36,38,42,44,48,50,53,55,60-61,65H,6-7,9,11-13,15,17-19,21,23-25,27,29,32,35,37,39-41,43,45-47,49,51-52,54,56-59H2,1-5H3,(H-,63,66,67,68)/p+1/b10-8-,16-14-,22-20-,28-26-,31-30-,34-33-,38-36-,44-42-,50-48-,55-53+. The van der Waals surface area contributed by atoms with Crippen LogP contribution in [-0.2, 0) is 18.4 Å². The van der Waals surface area contributed by atoms with Crippen molar-refractivity contribution in [2.45, 2.75) is 225 Å². The van der Waals surface area contributed by atoms with Crippen molar-refractivity contribution >= 4 is 13.7 Å². The fraction of sp³-hybridized carbons (Fsp3) is 0.661. The van der Waals surface area contributed by atoms with Gasteiger partial charge in [0, 0.05) is 6.42 Å². The number of quaternary nitrogens is 1. The lowest BCUT2D eigenvalue weighted by Crippen LogP contribution is -2.45. The highest BCUT2D eigenvalue weighted by molar-refractivity contribution is 7.47. The molecule has 0 saturated carbocycles. The van der Waals surface area contributed by atoms with E-state index in [0.717, 1.165) is 83.5 Å². The highest BCUT2D eigenvalue weighted by Gasteiger charge is 2.27. The first-order valence-corrected chi connectivity index (χ1v) is 29.9. The van der Waals surface area contributed by atoms with Gasteiger partial charge in [-0.1, -0.05) is 245 Å². The van der Waals surface area contributed by atoms with Crippen LogP contribution < -0.4 is 5.32 Å². The zero-order valence-electron chi connectivity index (χ0n) is 46.2. The average molecular weight is 1010 g/mol. The van der Waals surface area contributed by atoms with Gasteiger partial charge in [-0.2, -0.15) is 0 Å². The Morgan fingerprint density at radius 1 is 0.493 bits per heavy atom. The molecule has 0 aliphatic rings. The van der Waals surface area contributed by atoms with E-state index in [1.54, 1.807) is 6.08 Å². The normalized spacial score (nSPS) is 14.9. The van der Waals surface area contributed by atoms with Crippen LogP contribution >= 0.6 is 7.82 Å². The van der Waals surface area contributed by atoms with E-state index in [1.165, 1.54) is 103 Å². The lowest BCUT2D eigenvalue weighted by Gasteiger charge is -2.25. The number of amides is 1. The zero-order valence-corrected chi connectivity index (χ0v) is 47.1. The zero-order chi connectivity index (χ0) is 52.0. The van der Waals surface area contributed by atoms with Crippen LogP contribution in [0.15, 0.2) is 122 Å². The van der Waals surface area contributed by atoms with Crippen molar-refractivity contribution in [1.29, 1.82) is 0 Å². The Kier molecular flexibility index (Phi) is 49.5. The highest BCUT2D eigenvalue weighted by atomic mass is 31.2. The summed E-state index contributed by atoms with van der Waals surface area (Å²) in [4.78, 5) is 23.3. The third kappa shape index (κ3) is 54.5. The molecule has 0 radical (unpaired) electrons. The number of unbranched alkanes of at least 4 members (excludes halogenated alkanes) is 19. The van der Waals surface area contributed by atoms with Crippen molar-refractivity contribution in [3.8, 4) is 0 Å². The summed E-state index contributed by atoms with van der Waals surface area (Å²) in [5, 5.41) is 13.9. The van der Waals surface area contributed by atoms with Crippen LogP contribution in [0.25, 0.3) is 0 Å². The van der Waals surface area contributed by atoms with Gasteiger partial charge >= 0.3 is 7.82 Å². The molecular weight excluding hydrogens is 900 g/mol. The maximum absolute atomic E-state index is 13.0. The van der Waals surface area contributed by atoms with E-state index in [2.05, 4.69) is 129 Å². The molecule has 0 aromatic carbocycles. The molecule has 0 spiro atoms. The number of aliphatic hydroxyl groups is 1. The van der Waals surface area contributed by atoms with Crippen LogP contribution in [0.1, 0.15) is 213 Å². The molecule has 0 heterocycles. The van der Waals surface area contributed by atoms with Gasteiger partial charge in [0.1, 0.15) is 13.2 Å². The predicted molar refractivity (Wildman–Crippen MR) is 308 cm³/mol. The number of nitrogens with one attached hydrogen (secondary N) is 1. The number of carbonyl (C=O) groups excluding carboxylic acids is 1. The summed E-state index contributed by atoms with van der Waals surface area (Å²) < 4.78 is 23.7. The summed E-state index contributed by atoms with van der Waals surface area (Å²) in [5.41, 5.74) is 0. The average Bonchev–Trinajstić information content (AvgIpc) is 3.33. The molecule has 0 aliphatic heterocycles. The summed E-state index contributed by atoms with van der Waals surface area (Å²) in [6.07, 6.45) is 77.3. The fourth-order valence-corrected chi connectivity index (χ4v) is 8.25. The van der Waals surface area contributed by atoms with E-state index in [0.29, 0.717) is 17.4 Å². The van der Waals surface area contributed by atoms with Gasteiger partial charge in [0.05, 0.1) is 39.9 Å². The Morgan fingerprint density at radius 2 is 0.845 bits per heavy atom. The molecule has 1 amide bonds. The third-order valence-corrected chi connectivity index (χ3v) is 12.9. The molecule has 3 atom stereocenters. The monoisotopic (exact) mass is 1010 g/mol. The molecule has 71 heavy (non-hydrogen) atoms. The smallest absolute Gasteiger partial charge is 0.387 e. The Hall–Kier alpha value is -3.10. The molecule has 0 rings (SSSR count). The Morgan fingerprint density at radius 3 is 1.23 bits per heavy atom. The minimum Gasteiger partial charge on any atom is -0.387 e. The van der Waals surface area contributed by atoms with Gasteiger partial charge in [-0.3, -0.25) is 13.8 Å². The number of carbonyl (C=O) groups is 1. The van der Waals surface area contributed by atoms with E-state index < -0.39 is 20.0 Å². The van der Waals surface area contributed by atoms with Crippen LogP contribution in [0.3, 0.4) is 0 Å². The molecule has 8 nitrogen and oxygen atoms in total. The van der Waals surface area contributed by atoms with E-state index >= 15 is 0 Å². The highest BCUT2D eigenvalue weighted by Crippen LogP contribution is 2.43. The van der Waals surface area contributed by atoms with Gasteiger partial charge in [0.15, 0.2) is 0 Å². The number of hydrogen-bond donors (Lipinski definition) is 3. The molecular formula is C62H108N2O6P+. The van der Waals surface area contributed by atoms with Crippen molar-refractivity contribution in [3.05, 3.63) is 122 Å². The van der Waals surface area contributed by atoms with Crippen molar-refractivity contribution < 1.29 is 32.9 Å². The molecule has 0 fully saturated rings. The van der Waals surface area contributed by atoms with E-state index in [1.807, 2.05) is 27.2 Å². The summed E-state index contributed by atoms with van der Waals surface area (Å²) in [5.74, 6) is -0.239. The first-order chi connectivity index (χ1) is 34.5. The molecule has 9 heteroatoms. The first-order valence-electron chi connectivity index (χ1n) is 28.4. The van der Waals surface area contributed by atoms with Crippen LogP contribution in [0.4, 0.5) is 0 Å². The van der Waals surface area contributed by atoms with Crippen LogP contribution in [-0.4, -0.2) is 73.4 Å². The van der Waals surface area contributed by atoms with Crippen molar-refractivity contribution in [3.63, 3.8) is 0 Å². The number of phosphoric acid groups is 1. The summed E-state index contributed by atoms with van der Waals surface area (Å²) in [6.45, 7) is 4.65. The second-order valence-corrected chi connectivity index (χ2v) is 21.4. The Labute approximate surface area is 437 Å². The first kappa shape index (κ1) is 67.9. The number of likely N-dealkylation sites (N-methyl/N-ethyl adjacent to an activating group) is 1. The summed E-state index contributed by atoms with van der Waals surface area (Å²) in [6, 6.07) is -0.887. The van der Waals surface area contributed by atoms with E-state index in [9.17, 15) is 19.4 Å². The summed E-state index contributed by atoms with van der Waals surface area (Å²) in [7, 11) is 1.52. The number of nitrogens with zero attached hydrogens (tertiary/aromatic N) is 1. The van der Waals surface area contributed by atoms with Crippen molar-refractivity contribution in [2.24, 2.45) is 0 Å². The minimum atomic E-state index is -4.37. The van der Waals surface area contributed by atoms with E-state index in [4.69, 9.17) is 9.05 Å². The number of hydrogen-bond acceptors (Lipinski definition) is 5. The maximum atomic E-state index is 13.0. The maximum Gasteiger partial charge on any atom is 0.472 e.